The number of hydrogen-bond donors (Lipinski definition) is 3. The Morgan fingerprint density at radius 2 is 1.78 bits per heavy atom. The van der Waals surface area contributed by atoms with E-state index in [0.29, 0.717) is 11.1 Å². The van der Waals surface area contributed by atoms with E-state index >= 15 is 0 Å². The van der Waals surface area contributed by atoms with Gasteiger partial charge in [0.1, 0.15) is 0 Å². The Kier molecular flexibility index (Phi) is 4.72. The third-order valence-corrected chi connectivity index (χ3v) is 3.25. The molecule has 0 aliphatic carbocycles. The number of nitrogen functional groups attached to an aromatic ring is 1. The molecule has 0 fully saturated rings. The number of anilines is 1. The Hall–Kier alpha value is -3.19. The van der Waals surface area contributed by atoms with E-state index in [0.717, 1.165) is 0 Å². The van der Waals surface area contributed by atoms with Gasteiger partial charge < -0.3 is 15.9 Å². The Morgan fingerprint density at radius 3 is 2.35 bits per heavy atom. The van der Waals surface area contributed by atoms with E-state index in [-0.39, 0.29) is 22.5 Å². The maximum absolute atomic E-state index is 11.0. The molecule has 0 amide bonds. The van der Waals surface area contributed by atoms with Gasteiger partial charge in [0.15, 0.2) is 0 Å². The number of aliphatic hydroxyl groups excluding tert-OH is 1. The van der Waals surface area contributed by atoms with Gasteiger partial charge in [-0.05, 0) is 35.4 Å². The molecule has 4 N–H and O–H groups in total. The number of nitro benzene ring substituents is 1. The van der Waals surface area contributed by atoms with Gasteiger partial charge in [0.2, 0.25) is 0 Å². The van der Waals surface area contributed by atoms with Crippen molar-refractivity contribution in [3.63, 3.8) is 0 Å². The summed E-state index contributed by atoms with van der Waals surface area (Å²) in [6, 6.07) is 8.96. The van der Waals surface area contributed by atoms with Crippen LogP contribution in [0, 0.1) is 10.1 Å². The first-order chi connectivity index (χ1) is 10.9. The molecule has 7 nitrogen and oxygen atoms in total. The summed E-state index contributed by atoms with van der Waals surface area (Å²) in [7, 11) is 0. The molecule has 7 heteroatoms. The molecule has 0 atom stereocenters. The minimum absolute atomic E-state index is 0.00639. The van der Waals surface area contributed by atoms with Gasteiger partial charge in [-0.1, -0.05) is 18.2 Å². The fourth-order valence-electron chi connectivity index (χ4n) is 2.07. The molecule has 0 bridgehead atoms. The molecular weight excluding hydrogens is 300 g/mol. The normalized spacial score (nSPS) is 10.8. The lowest BCUT2D eigenvalue weighted by Gasteiger charge is -2.03. The highest BCUT2D eigenvalue weighted by Crippen LogP contribution is 2.22. The van der Waals surface area contributed by atoms with Gasteiger partial charge >= 0.3 is 5.97 Å². The molecule has 23 heavy (non-hydrogen) atoms. The van der Waals surface area contributed by atoms with Gasteiger partial charge in [-0.3, -0.25) is 10.1 Å². The third-order valence-electron chi connectivity index (χ3n) is 3.25. The van der Waals surface area contributed by atoms with Crippen molar-refractivity contribution in [2.45, 2.75) is 6.61 Å². The number of carboxylic acids is 1. The van der Waals surface area contributed by atoms with Crippen LogP contribution < -0.4 is 5.73 Å². The second-order valence-electron chi connectivity index (χ2n) is 4.79. The number of carboxylic acid groups (broad SMARTS) is 1. The van der Waals surface area contributed by atoms with Gasteiger partial charge in [-0.25, -0.2) is 4.79 Å². The molecule has 0 aromatic heterocycles. The molecule has 118 valence electrons. The molecule has 0 heterocycles. The van der Waals surface area contributed by atoms with Crippen molar-refractivity contribution in [3.05, 3.63) is 68.8 Å². The fraction of sp³-hybridized carbons (Fsp3) is 0.0625. The van der Waals surface area contributed by atoms with Crippen molar-refractivity contribution in [1.82, 2.24) is 0 Å². The smallest absolute Gasteiger partial charge is 0.337 e. The van der Waals surface area contributed by atoms with Crippen LogP contribution in [0.3, 0.4) is 0 Å². The van der Waals surface area contributed by atoms with E-state index < -0.39 is 17.5 Å². The summed E-state index contributed by atoms with van der Waals surface area (Å²) in [5, 5.41) is 29.0. The molecule has 0 spiro atoms. The maximum atomic E-state index is 11.0. The number of rotatable bonds is 5. The fourth-order valence-corrected chi connectivity index (χ4v) is 2.07. The molecular formula is C16H14N2O5. The minimum atomic E-state index is -1.12. The van der Waals surface area contributed by atoms with Crippen molar-refractivity contribution < 1.29 is 19.9 Å². The summed E-state index contributed by atoms with van der Waals surface area (Å²) in [5.74, 6) is -1.12. The molecule has 0 radical (unpaired) electrons. The highest BCUT2D eigenvalue weighted by molar-refractivity contribution is 5.94. The summed E-state index contributed by atoms with van der Waals surface area (Å²) < 4.78 is 0. The first-order valence-electron chi connectivity index (χ1n) is 6.61. The number of carbonyl (C=O) groups is 1. The number of hydrogen-bond acceptors (Lipinski definition) is 5. The van der Waals surface area contributed by atoms with Crippen molar-refractivity contribution >= 4 is 29.5 Å². The summed E-state index contributed by atoms with van der Waals surface area (Å²) in [6.07, 6.45) is 3.33. The van der Waals surface area contributed by atoms with Crippen LogP contribution in [0.2, 0.25) is 0 Å². The Labute approximate surface area is 131 Å². The van der Waals surface area contributed by atoms with Gasteiger partial charge in [0.25, 0.3) is 5.69 Å². The molecule has 0 aliphatic heterocycles. The Morgan fingerprint density at radius 1 is 1.17 bits per heavy atom. The van der Waals surface area contributed by atoms with E-state index in [1.807, 2.05) is 0 Å². The topological polar surface area (TPSA) is 127 Å². The largest absolute Gasteiger partial charge is 0.478 e. The van der Waals surface area contributed by atoms with E-state index in [2.05, 4.69) is 0 Å². The second kappa shape index (κ2) is 6.71. The highest BCUT2D eigenvalue weighted by atomic mass is 16.6. The van der Waals surface area contributed by atoms with Crippen LogP contribution in [0.25, 0.3) is 12.2 Å². The zero-order chi connectivity index (χ0) is 17.0. The number of nitro groups is 1. The average molecular weight is 314 g/mol. The highest BCUT2D eigenvalue weighted by Gasteiger charge is 2.12. The summed E-state index contributed by atoms with van der Waals surface area (Å²) >= 11 is 0. The van der Waals surface area contributed by atoms with Crippen molar-refractivity contribution in [1.29, 1.82) is 0 Å². The number of aromatic carboxylic acids is 1. The summed E-state index contributed by atoms with van der Waals surface area (Å²) in [6.45, 7) is -0.441. The summed E-state index contributed by atoms with van der Waals surface area (Å²) in [5.41, 5.74) is 7.10. The second-order valence-corrected chi connectivity index (χ2v) is 4.79. The maximum Gasteiger partial charge on any atom is 0.337 e. The molecule has 0 unspecified atom stereocenters. The van der Waals surface area contributed by atoms with Gasteiger partial charge in [0, 0.05) is 11.8 Å². The monoisotopic (exact) mass is 314 g/mol. The predicted octanol–water partition coefficient (Wildman–Crippen LogP) is 2.54. The van der Waals surface area contributed by atoms with Crippen molar-refractivity contribution in [2.24, 2.45) is 0 Å². The zero-order valence-electron chi connectivity index (χ0n) is 12.0. The first-order valence-corrected chi connectivity index (χ1v) is 6.61. The third kappa shape index (κ3) is 3.72. The molecule has 2 aromatic carbocycles. The van der Waals surface area contributed by atoms with E-state index in [9.17, 15) is 20.0 Å². The molecule has 0 saturated heterocycles. The van der Waals surface area contributed by atoms with Crippen LogP contribution >= 0.6 is 0 Å². The molecule has 2 rings (SSSR count). The molecule has 0 saturated carbocycles. The SMILES string of the molecule is Nc1ccc(/C=C/c2ccc([N+](=O)[O-])c(CO)c2)cc1C(=O)O. The van der Waals surface area contributed by atoms with E-state index in [4.69, 9.17) is 10.8 Å². The Balaban J connectivity index is 2.32. The van der Waals surface area contributed by atoms with E-state index in [1.54, 1.807) is 24.3 Å². The molecule has 2 aromatic rings. The number of nitrogens with two attached hydrogens (primary N) is 1. The van der Waals surface area contributed by atoms with Crippen LogP contribution in [-0.2, 0) is 6.61 Å². The summed E-state index contributed by atoms with van der Waals surface area (Å²) in [4.78, 5) is 21.3. The number of aliphatic hydroxyl groups is 1. The van der Waals surface area contributed by atoms with Crippen LogP contribution in [0.1, 0.15) is 27.0 Å². The van der Waals surface area contributed by atoms with Gasteiger partial charge in [-0.15, -0.1) is 0 Å². The lowest BCUT2D eigenvalue weighted by Crippen LogP contribution is -2.02. The standard InChI is InChI=1S/C16H14N2O5/c17-14-5-3-11(8-13(14)16(20)21)2-1-10-4-6-15(18(22)23)12(7-10)9-19/h1-8,19H,9,17H2,(H,20,21)/b2-1+. The predicted molar refractivity (Wildman–Crippen MR) is 85.8 cm³/mol. The zero-order valence-corrected chi connectivity index (χ0v) is 12.0. The minimum Gasteiger partial charge on any atom is -0.478 e. The quantitative estimate of drug-likeness (QED) is 0.337. The van der Waals surface area contributed by atoms with Crippen molar-refractivity contribution in [3.8, 4) is 0 Å². The van der Waals surface area contributed by atoms with Gasteiger partial charge in [0.05, 0.1) is 22.7 Å². The Bertz CT molecular complexity index is 799. The van der Waals surface area contributed by atoms with Crippen LogP contribution in [0.5, 0.6) is 0 Å². The average Bonchev–Trinajstić information content (AvgIpc) is 2.53. The first kappa shape index (κ1) is 16.2. The van der Waals surface area contributed by atoms with Gasteiger partial charge in [-0.2, -0.15) is 0 Å². The van der Waals surface area contributed by atoms with Crippen molar-refractivity contribution in [2.75, 3.05) is 5.73 Å². The van der Waals surface area contributed by atoms with Crippen LogP contribution in [0.15, 0.2) is 36.4 Å². The van der Waals surface area contributed by atoms with E-state index in [1.165, 1.54) is 24.3 Å². The van der Waals surface area contributed by atoms with Crippen LogP contribution in [-0.4, -0.2) is 21.1 Å². The number of benzene rings is 2. The number of nitrogens with zero attached hydrogens (tertiary/aromatic N) is 1. The lowest BCUT2D eigenvalue weighted by atomic mass is 10.1. The lowest BCUT2D eigenvalue weighted by molar-refractivity contribution is -0.385. The van der Waals surface area contributed by atoms with Crippen LogP contribution in [0.4, 0.5) is 11.4 Å². The molecule has 0 aliphatic rings.